The van der Waals surface area contributed by atoms with Crippen LogP contribution >= 0.6 is 0 Å². The van der Waals surface area contributed by atoms with Crippen LogP contribution in [0.15, 0.2) is 46.2 Å². The summed E-state index contributed by atoms with van der Waals surface area (Å²) in [5, 5.41) is 44.5. The fraction of sp³-hybridized carbons (Fsp3) is 0.333. The predicted molar refractivity (Wildman–Crippen MR) is 79.7 cm³/mol. The highest BCUT2D eigenvalue weighted by Gasteiger charge is 2.44. The summed E-state index contributed by atoms with van der Waals surface area (Å²) in [5.41, 5.74) is -0.308. The van der Waals surface area contributed by atoms with Crippen molar-refractivity contribution in [2.24, 2.45) is 5.92 Å². The molecule has 1 atom stereocenters. The van der Waals surface area contributed by atoms with Gasteiger partial charge >= 0.3 is 0 Å². The molecule has 8 heteroatoms. The first kappa shape index (κ1) is 16.8. The molecule has 0 spiro atoms. The van der Waals surface area contributed by atoms with Gasteiger partial charge in [0.05, 0.1) is 41.2 Å². The fourth-order valence-corrected chi connectivity index (χ4v) is 2.63. The Morgan fingerprint density at radius 2 is 1.35 bits per heavy atom. The van der Waals surface area contributed by atoms with Crippen molar-refractivity contribution in [3.8, 4) is 0 Å². The SMILES string of the molecule is CC=C1NC(=O)C(C(C2=C(O)C(=CC)NC2=O)C(O)CO)=C1O. The molecule has 0 saturated carbocycles. The van der Waals surface area contributed by atoms with E-state index in [2.05, 4.69) is 10.6 Å². The van der Waals surface area contributed by atoms with Gasteiger partial charge in [-0.15, -0.1) is 0 Å². The van der Waals surface area contributed by atoms with Crippen LogP contribution in [-0.4, -0.2) is 45.0 Å². The topological polar surface area (TPSA) is 139 Å². The highest BCUT2D eigenvalue weighted by molar-refractivity contribution is 6.06. The van der Waals surface area contributed by atoms with E-state index in [1.54, 1.807) is 13.8 Å². The molecule has 8 nitrogen and oxygen atoms in total. The largest absolute Gasteiger partial charge is 0.505 e. The maximum atomic E-state index is 12.1. The molecular formula is C15H18N2O6. The molecule has 23 heavy (non-hydrogen) atoms. The summed E-state index contributed by atoms with van der Waals surface area (Å²) in [6.45, 7) is 2.40. The van der Waals surface area contributed by atoms with Gasteiger partial charge in [0.2, 0.25) is 0 Å². The van der Waals surface area contributed by atoms with E-state index < -0.39 is 42.0 Å². The molecule has 124 valence electrons. The number of allylic oxidation sites excluding steroid dienone is 2. The van der Waals surface area contributed by atoms with Crippen LogP contribution in [0.25, 0.3) is 0 Å². The molecule has 0 bridgehead atoms. The zero-order valence-electron chi connectivity index (χ0n) is 12.6. The number of rotatable bonds is 4. The lowest BCUT2D eigenvalue weighted by molar-refractivity contribution is -0.118. The zero-order valence-corrected chi connectivity index (χ0v) is 12.6. The maximum Gasteiger partial charge on any atom is 0.256 e. The molecule has 0 aromatic carbocycles. The van der Waals surface area contributed by atoms with Crippen molar-refractivity contribution in [3.63, 3.8) is 0 Å². The number of hydrogen-bond donors (Lipinski definition) is 6. The first-order valence-electron chi connectivity index (χ1n) is 6.98. The minimum atomic E-state index is -1.56. The second kappa shape index (κ2) is 6.27. The van der Waals surface area contributed by atoms with Gasteiger partial charge in [-0.3, -0.25) is 9.59 Å². The zero-order chi connectivity index (χ0) is 17.3. The third-order valence-corrected chi connectivity index (χ3v) is 3.78. The lowest BCUT2D eigenvalue weighted by Gasteiger charge is -2.21. The summed E-state index contributed by atoms with van der Waals surface area (Å²) in [6.07, 6.45) is 1.33. The Morgan fingerprint density at radius 3 is 1.61 bits per heavy atom. The molecule has 2 amide bonds. The molecule has 0 aliphatic carbocycles. The number of nitrogens with one attached hydrogen (secondary N) is 2. The molecule has 2 aliphatic rings. The Balaban J connectivity index is 2.65. The highest BCUT2D eigenvalue weighted by atomic mass is 16.3. The van der Waals surface area contributed by atoms with Gasteiger partial charge in [0.25, 0.3) is 11.8 Å². The van der Waals surface area contributed by atoms with Gasteiger partial charge in [0.15, 0.2) is 0 Å². The summed E-state index contributed by atoms with van der Waals surface area (Å²) in [4.78, 5) is 24.2. The second-order valence-electron chi connectivity index (χ2n) is 5.07. The van der Waals surface area contributed by atoms with Gasteiger partial charge in [0, 0.05) is 0 Å². The van der Waals surface area contributed by atoms with Gasteiger partial charge in [-0.25, -0.2) is 0 Å². The molecule has 0 fully saturated rings. The van der Waals surface area contributed by atoms with Crippen molar-refractivity contribution in [3.05, 3.63) is 46.2 Å². The third-order valence-electron chi connectivity index (χ3n) is 3.78. The van der Waals surface area contributed by atoms with Gasteiger partial charge in [-0.05, 0) is 13.8 Å². The fourth-order valence-electron chi connectivity index (χ4n) is 2.63. The number of carbonyl (C=O) groups excluding carboxylic acids is 2. The van der Waals surface area contributed by atoms with Crippen LogP contribution in [0.1, 0.15) is 13.8 Å². The van der Waals surface area contributed by atoms with E-state index in [1.165, 1.54) is 12.2 Å². The number of hydrogen-bond acceptors (Lipinski definition) is 6. The molecule has 0 saturated heterocycles. The lowest BCUT2D eigenvalue weighted by atomic mass is 9.85. The van der Waals surface area contributed by atoms with Crippen LogP contribution < -0.4 is 10.6 Å². The Bertz CT molecular complexity index is 632. The molecule has 2 heterocycles. The standard InChI is InChI=1S/C15H18N2O6/c1-3-6-12(20)10(14(22)16-6)9(8(19)5-18)11-13(21)7(4-2)17-15(11)23/h3-4,8-9,18-21H,5H2,1-2H3,(H,16,22)(H,17,23). The Morgan fingerprint density at radius 1 is 0.957 bits per heavy atom. The average Bonchev–Trinajstić information content (AvgIpc) is 2.98. The minimum absolute atomic E-state index is 0.130. The average molecular weight is 322 g/mol. The first-order chi connectivity index (χ1) is 10.9. The van der Waals surface area contributed by atoms with Gasteiger partial charge in [-0.2, -0.15) is 0 Å². The number of aliphatic hydroxyl groups is 4. The van der Waals surface area contributed by atoms with Crippen LogP contribution in [0.4, 0.5) is 0 Å². The summed E-state index contributed by atoms with van der Waals surface area (Å²) >= 11 is 0. The van der Waals surface area contributed by atoms with Crippen molar-refractivity contribution in [1.82, 2.24) is 10.6 Å². The molecule has 6 N–H and O–H groups in total. The molecule has 2 aliphatic heterocycles. The van der Waals surface area contributed by atoms with Crippen LogP contribution in [0.3, 0.4) is 0 Å². The number of aliphatic hydroxyl groups excluding tert-OH is 4. The van der Waals surface area contributed by atoms with Crippen molar-refractivity contribution in [2.75, 3.05) is 6.61 Å². The number of carbonyl (C=O) groups is 2. The van der Waals surface area contributed by atoms with Crippen LogP contribution in [0.2, 0.25) is 0 Å². The smallest absolute Gasteiger partial charge is 0.256 e. The molecule has 0 aromatic rings. The Labute approximate surface area is 132 Å². The maximum absolute atomic E-state index is 12.1. The van der Waals surface area contributed by atoms with Crippen molar-refractivity contribution in [1.29, 1.82) is 0 Å². The summed E-state index contributed by atoms with van der Waals surface area (Å²) in [7, 11) is 0. The minimum Gasteiger partial charge on any atom is -0.505 e. The van der Waals surface area contributed by atoms with E-state index in [-0.39, 0.29) is 22.5 Å². The molecule has 1 unspecified atom stereocenters. The van der Waals surface area contributed by atoms with Crippen LogP contribution in [0, 0.1) is 5.92 Å². The van der Waals surface area contributed by atoms with E-state index in [1.807, 2.05) is 0 Å². The molecule has 0 radical (unpaired) electrons. The second-order valence-corrected chi connectivity index (χ2v) is 5.07. The third kappa shape index (κ3) is 2.62. The van der Waals surface area contributed by atoms with Crippen molar-refractivity contribution < 1.29 is 30.0 Å². The highest BCUT2D eigenvalue weighted by Crippen LogP contribution is 2.36. The molecule has 0 aromatic heterocycles. The lowest BCUT2D eigenvalue weighted by Crippen LogP contribution is -2.35. The van der Waals surface area contributed by atoms with Crippen LogP contribution in [0.5, 0.6) is 0 Å². The first-order valence-corrected chi connectivity index (χ1v) is 6.98. The van der Waals surface area contributed by atoms with E-state index in [0.29, 0.717) is 0 Å². The predicted octanol–water partition coefficient (Wildman–Crippen LogP) is -0.353. The molecule has 2 rings (SSSR count). The van der Waals surface area contributed by atoms with E-state index in [4.69, 9.17) is 0 Å². The Kier molecular flexibility index (Phi) is 4.57. The summed E-state index contributed by atoms with van der Waals surface area (Å²) < 4.78 is 0. The summed E-state index contributed by atoms with van der Waals surface area (Å²) in [6, 6.07) is 0. The van der Waals surface area contributed by atoms with Gasteiger partial charge < -0.3 is 31.1 Å². The monoisotopic (exact) mass is 322 g/mol. The molecular weight excluding hydrogens is 304 g/mol. The quantitative estimate of drug-likeness (QED) is 0.418. The van der Waals surface area contributed by atoms with E-state index in [9.17, 15) is 30.0 Å². The van der Waals surface area contributed by atoms with E-state index in [0.717, 1.165) is 0 Å². The number of amides is 2. The Hall–Kier alpha value is -2.58. The van der Waals surface area contributed by atoms with Gasteiger partial charge in [-0.1, -0.05) is 12.2 Å². The van der Waals surface area contributed by atoms with Crippen molar-refractivity contribution in [2.45, 2.75) is 20.0 Å². The van der Waals surface area contributed by atoms with E-state index >= 15 is 0 Å². The van der Waals surface area contributed by atoms with Crippen LogP contribution in [-0.2, 0) is 9.59 Å². The van der Waals surface area contributed by atoms with Gasteiger partial charge in [0.1, 0.15) is 11.5 Å². The summed E-state index contributed by atoms with van der Waals surface area (Å²) in [5.74, 6) is -3.67. The van der Waals surface area contributed by atoms with Crippen molar-refractivity contribution >= 4 is 11.8 Å². The normalized spacial score (nSPS) is 24.5.